The maximum Gasteiger partial charge on any atom is 0.433 e. The van der Waals surface area contributed by atoms with E-state index in [4.69, 9.17) is 0 Å². The maximum absolute atomic E-state index is 12.7. The number of thiophene rings is 1. The van der Waals surface area contributed by atoms with Gasteiger partial charge in [-0.15, -0.1) is 11.3 Å². The highest BCUT2D eigenvalue weighted by Crippen LogP contribution is 2.37. The normalized spacial score (nSPS) is 14.1. The molecule has 0 saturated carbocycles. The Morgan fingerprint density at radius 2 is 2.11 bits per heavy atom. The summed E-state index contributed by atoms with van der Waals surface area (Å²) in [5.41, 5.74) is -0.811. The van der Waals surface area contributed by atoms with Crippen LogP contribution in [0.15, 0.2) is 16.0 Å². The fourth-order valence-corrected chi connectivity index (χ4v) is 4.83. The van der Waals surface area contributed by atoms with E-state index in [0.717, 1.165) is 42.5 Å². The number of hydrogen-bond donors (Lipinski definition) is 2. The summed E-state index contributed by atoms with van der Waals surface area (Å²) in [4.78, 5) is 30.2. The highest BCUT2D eigenvalue weighted by atomic mass is 32.2. The van der Waals surface area contributed by atoms with E-state index in [1.807, 2.05) is 0 Å². The first kappa shape index (κ1) is 20.4. The lowest BCUT2D eigenvalue weighted by Gasteiger charge is -2.07. The molecule has 11 heteroatoms. The fourth-order valence-electron chi connectivity index (χ4n) is 2.89. The van der Waals surface area contributed by atoms with Gasteiger partial charge in [-0.3, -0.25) is 9.59 Å². The number of rotatable bonds is 4. The van der Waals surface area contributed by atoms with Crippen LogP contribution < -0.4 is 10.9 Å². The Kier molecular flexibility index (Phi) is 6.10. The summed E-state index contributed by atoms with van der Waals surface area (Å²) in [6.45, 7) is 0. The highest BCUT2D eigenvalue weighted by molar-refractivity contribution is 7.99. The van der Waals surface area contributed by atoms with Gasteiger partial charge in [-0.1, -0.05) is 18.2 Å². The van der Waals surface area contributed by atoms with Crippen LogP contribution in [0.5, 0.6) is 0 Å². The van der Waals surface area contributed by atoms with Gasteiger partial charge in [0.15, 0.2) is 10.9 Å². The molecule has 0 atom stereocenters. The standard InChI is InChI=1S/C17H15F3N4O2S2/c18-17(19,20)12-6-13(25)24-16(22-12)27-8-14(26)23-15-10(7-21)9-4-2-1-3-5-11(9)28-15/h6H,1-5,8H2,(H,23,26)(H,22,24,25). The predicted octanol–water partition coefficient (Wildman–Crippen LogP) is 3.72. The Bertz CT molecular complexity index is 992. The van der Waals surface area contributed by atoms with Gasteiger partial charge in [-0.25, -0.2) is 4.98 Å². The highest BCUT2D eigenvalue weighted by Gasteiger charge is 2.33. The van der Waals surface area contributed by atoms with Crippen LogP contribution in [0.4, 0.5) is 18.2 Å². The summed E-state index contributed by atoms with van der Waals surface area (Å²) >= 11 is 2.06. The van der Waals surface area contributed by atoms with Gasteiger partial charge in [-0.05, 0) is 31.2 Å². The molecule has 2 aromatic heterocycles. The first-order valence-electron chi connectivity index (χ1n) is 8.44. The van der Waals surface area contributed by atoms with Crippen LogP contribution >= 0.6 is 23.1 Å². The molecule has 2 heterocycles. The molecule has 6 nitrogen and oxygen atoms in total. The quantitative estimate of drug-likeness (QED) is 0.439. The van der Waals surface area contributed by atoms with Crippen LogP contribution in [0.3, 0.4) is 0 Å². The summed E-state index contributed by atoms with van der Waals surface area (Å²) in [7, 11) is 0. The van der Waals surface area contributed by atoms with Gasteiger partial charge < -0.3 is 10.3 Å². The van der Waals surface area contributed by atoms with E-state index in [2.05, 4.69) is 21.4 Å². The molecule has 2 aromatic rings. The molecular weight excluding hydrogens is 413 g/mol. The van der Waals surface area contributed by atoms with E-state index in [-0.39, 0.29) is 10.9 Å². The molecule has 1 aliphatic carbocycles. The Labute approximate surface area is 166 Å². The second kappa shape index (κ2) is 8.36. The molecule has 1 aliphatic rings. The van der Waals surface area contributed by atoms with Gasteiger partial charge in [0.05, 0.1) is 11.3 Å². The summed E-state index contributed by atoms with van der Waals surface area (Å²) in [6.07, 6.45) is 0.0604. The number of H-pyrrole nitrogens is 1. The number of aromatic amines is 1. The monoisotopic (exact) mass is 428 g/mol. The van der Waals surface area contributed by atoms with Crippen molar-refractivity contribution in [2.24, 2.45) is 0 Å². The number of nitrogens with zero attached hydrogens (tertiary/aromatic N) is 2. The number of nitriles is 1. The number of aromatic nitrogens is 2. The molecule has 3 rings (SSSR count). The summed E-state index contributed by atoms with van der Waals surface area (Å²) in [6, 6.07) is 2.51. The lowest BCUT2D eigenvalue weighted by atomic mass is 10.1. The van der Waals surface area contributed by atoms with Gasteiger partial charge in [0.25, 0.3) is 5.56 Å². The van der Waals surface area contributed by atoms with Crippen LogP contribution in [-0.4, -0.2) is 21.6 Å². The van der Waals surface area contributed by atoms with E-state index >= 15 is 0 Å². The number of carbonyl (C=O) groups excluding carboxylic acids is 1. The molecule has 148 valence electrons. The van der Waals surface area contributed by atoms with Crippen molar-refractivity contribution >= 4 is 34.0 Å². The van der Waals surface area contributed by atoms with Gasteiger partial charge in [0, 0.05) is 10.9 Å². The molecule has 0 aromatic carbocycles. The number of hydrogen-bond acceptors (Lipinski definition) is 6. The number of amides is 1. The van der Waals surface area contributed by atoms with Crippen molar-refractivity contribution in [3.63, 3.8) is 0 Å². The minimum atomic E-state index is -4.75. The van der Waals surface area contributed by atoms with E-state index in [9.17, 15) is 28.0 Å². The zero-order chi connectivity index (χ0) is 20.3. The number of halogens is 3. The first-order chi connectivity index (χ1) is 13.3. The Morgan fingerprint density at radius 3 is 2.82 bits per heavy atom. The van der Waals surface area contributed by atoms with Gasteiger partial charge in [0.2, 0.25) is 5.91 Å². The maximum atomic E-state index is 12.7. The molecule has 2 N–H and O–H groups in total. The summed E-state index contributed by atoms with van der Waals surface area (Å²) in [5.74, 6) is -0.740. The van der Waals surface area contributed by atoms with Crippen molar-refractivity contribution in [1.82, 2.24) is 9.97 Å². The molecule has 0 unspecified atom stereocenters. The average Bonchev–Trinajstić information content (AvgIpc) is 2.78. The number of anilines is 1. The zero-order valence-electron chi connectivity index (χ0n) is 14.5. The molecule has 1 amide bonds. The lowest BCUT2D eigenvalue weighted by molar-refractivity contribution is -0.141. The van der Waals surface area contributed by atoms with E-state index in [1.54, 1.807) is 0 Å². The number of thioether (sulfide) groups is 1. The first-order valence-corrected chi connectivity index (χ1v) is 10.2. The molecular formula is C17H15F3N4O2S2. The van der Waals surface area contributed by atoms with Gasteiger partial charge in [0.1, 0.15) is 11.1 Å². The van der Waals surface area contributed by atoms with Crippen LogP contribution in [0.1, 0.15) is 41.0 Å². The SMILES string of the molecule is N#Cc1c(NC(=O)CSc2nc(C(F)(F)F)cc(=O)[nH]2)sc2c1CCCCC2. The number of aryl methyl sites for hydroxylation is 1. The summed E-state index contributed by atoms with van der Waals surface area (Å²) in [5, 5.41) is 12.3. The largest absolute Gasteiger partial charge is 0.433 e. The second-order valence-corrected chi connectivity index (χ2v) is 8.22. The van der Waals surface area contributed by atoms with Crippen molar-refractivity contribution in [3.8, 4) is 6.07 Å². The predicted molar refractivity (Wildman–Crippen MR) is 99.5 cm³/mol. The summed E-state index contributed by atoms with van der Waals surface area (Å²) < 4.78 is 38.2. The number of nitrogens with one attached hydrogen (secondary N) is 2. The topological polar surface area (TPSA) is 98.6 Å². The van der Waals surface area contributed by atoms with Crippen molar-refractivity contribution in [3.05, 3.63) is 38.1 Å². The average molecular weight is 428 g/mol. The van der Waals surface area contributed by atoms with Gasteiger partial charge in [-0.2, -0.15) is 18.4 Å². The minimum Gasteiger partial charge on any atom is -0.316 e. The lowest BCUT2D eigenvalue weighted by Crippen LogP contribution is -2.18. The third-order valence-corrected chi connectivity index (χ3v) is 6.22. The molecule has 0 bridgehead atoms. The van der Waals surface area contributed by atoms with Crippen LogP contribution in [0.2, 0.25) is 0 Å². The third kappa shape index (κ3) is 4.74. The van der Waals surface area contributed by atoms with Crippen LogP contribution in [0.25, 0.3) is 0 Å². The Balaban J connectivity index is 1.70. The number of fused-ring (bicyclic) bond motifs is 1. The Hall–Kier alpha value is -2.32. The number of alkyl halides is 3. The zero-order valence-corrected chi connectivity index (χ0v) is 16.1. The molecule has 0 saturated heterocycles. The molecule has 0 fully saturated rings. The van der Waals surface area contributed by atoms with E-state index in [0.29, 0.717) is 28.4 Å². The van der Waals surface area contributed by atoms with Crippen molar-refractivity contribution in [2.75, 3.05) is 11.1 Å². The fraction of sp³-hybridized carbons (Fsp3) is 0.412. The van der Waals surface area contributed by atoms with Crippen molar-refractivity contribution in [2.45, 2.75) is 43.4 Å². The van der Waals surface area contributed by atoms with E-state index in [1.165, 1.54) is 11.3 Å². The van der Waals surface area contributed by atoms with Crippen LogP contribution in [-0.2, 0) is 23.8 Å². The number of carbonyl (C=O) groups is 1. The molecule has 0 aliphatic heterocycles. The Morgan fingerprint density at radius 1 is 1.36 bits per heavy atom. The molecule has 0 spiro atoms. The third-order valence-electron chi connectivity index (χ3n) is 4.14. The second-order valence-electron chi connectivity index (χ2n) is 6.15. The van der Waals surface area contributed by atoms with Crippen LogP contribution in [0, 0.1) is 11.3 Å². The minimum absolute atomic E-state index is 0.252. The van der Waals surface area contributed by atoms with E-state index < -0.39 is 23.3 Å². The molecule has 28 heavy (non-hydrogen) atoms. The van der Waals surface area contributed by atoms with Gasteiger partial charge >= 0.3 is 6.18 Å². The smallest absolute Gasteiger partial charge is 0.316 e. The van der Waals surface area contributed by atoms with Crippen molar-refractivity contribution < 1.29 is 18.0 Å². The van der Waals surface area contributed by atoms with Crippen molar-refractivity contribution in [1.29, 1.82) is 5.26 Å². The molecule has 0 radical (unpaired) electrons.